The van der Waals surface area contributed by atoms with Crippen LogP contribution in [0.2, 0.25) is 0 Å². The molecule has 0 unspecified atom stereocenters. The maximum Gasteiger partial charge on any atom is 0.411 e. The van der Waals surface area contributed by atoms with Crippen LogP contribution < -0.4 is 10.5 Å². The molecule has 0 aromatic carbocycles. The van der Waals surface area contributed by atoms with E-state index in [9.17, 15) is 4.79 Å². The number of primary amides is 1. The fourth-order valence-corrected chi connectivity index (χ4v) is 1.20. The fourth-order valence-electron chi connectivity index (χ4n) is 1.20. The molecule has 68 valence electrons. The van der Waals surface area contributed by atoms with E-state index in [0.29, 0.717) is 5.92 Å². The molecule has 1 amide bonds. The van der Waals surface area contributed by atoms with Gasteiger partial charge in [-0.1, -0.05) is 6.07 Å². The third-order valence-electron chi connectivity index (χ3n) is 1.95. The molecule has 0 aliphatic heterocycles. The molecule has 0 atom stereocenters. The van der Waals surface area contributed by atoms with Crippen LogP contribution in [0, 0.1) is 0 Å². The maximum atomic E-state index is 10.4. The minimum atomic E-state index is -0.819. The Morgan fingerprint density at radius 2 is 2.31 bits per heavy atom. The average Bonchev–Trinajstić information content (AvgIpc) is 2.85. The summed E-state index contributed by atoms with van der Waals surface area (Å²) >= 11 is 0. The molecule has 1 fully saturated rings. The lowest BCUT2D eigenvalue weighted by Gasteiger charge is -2.01. The summed E-state index contributed by atoms with van der Waals surface area (Å²) in [5.74, 6) is 0.841. The molecule has 1 aromatic heterocycles. The third kappa shape index (κ3) is 1.96. The number of pyridine rings is 1. The second-order valence-electron chi connectivity index (χ2n) is 3.10. The van der Waals surface area contributed by atoms with Gasteiger partial charge in [0.15, 0.2) is 0 Å². The Labute approximate surface area is 75.7 Å². The van der Waals surface area contributed by atoms with Crippen molar-refractivity contribution in [2.75, 3.05) is 0 Å². The molecular weight excluding hydrogens is 168 g/mol. The van der Waals surface area contributed by atoms with Gasteiger partial charge in [0.05, 0.1) is 0 Å². The van der Waals surface area contributed by atoms with E-state index < -0.39 is 6.09 Å². The van der Waals surface area contributed by atoms with Crippen molar-refractivity contribution in [1.29, 1.82) is 0 Å². The predicted molar refractivity (Wildman–Crippen MR) is 46.4 cm³/mol. The van der Waals surface area contributed by atoms with E-state index in [1.165, 1.54) is 12.8 Å². The summed E-state index contributed by atoms with van der Waals surface area (Å²) in [6.07, 6.45) is 1.53. The lowest BCUT2D eigenvalue weighted by Crippen LogP contribution is -2.17. The van der Waals surface area contributed by atoms with Gasteiger partial charge in [-0.05, 0) is 18.9 Å². The first kappa shape index (κ1) is 8.04. The van der Waals surface area contributed by atoms with E-state index in [-0.39, 0.29) is 5.88 Å². The number of nitrogens with zero attached hydrogens (tertiary/aromatic N) is 1. The molecule has 0 spiro atoms. The van der Waals surface area contributed by atoms with Crippen LogP contribution in [-0.4, -0.2) is 11.1 Å². The molecule has 0 radical (unpaired) electrons. The molecule has 4 heteroatoms. The van der Waals surface area contributed by atoms with Gasteiger partial charge in [-0.3, -0.25) is 0 Å². The van der Waals surface area contributed by atoms with E-state index in [1.54, 1.807) is 6.07 Å². The smallest absolute Gasteiger partial charge is 0.391 e. The lowest BCUT2D eigenvalue weighted by atomic mass is 10.2. The highest BCUT2D eigenvalue weighted by atomic mass is 16.6. The summed E-state index contributed by atoms with van der Waals surface area (Å²) in [5.41, 5.74) is 5.85. The Morgan fingerprint density at radius 3 is 2.92 bits per heavy atom. The molecule has 1 aliphatic carbocycles. The van der Waals surface area contributed by atoms with Gasteiger partial charge in [-0.15, -0.1) is 0 Å². The van der Waals surface area contributed by atoms with Gasteiger partial charge in [0.25, 0.3) is 0 Å². The highest BCUT2D eigenvalue weighted by Crippen LogP contribution is 2.39. The average molecular weight is 178 g/mol. The molecule has 1 saturated carbocycles. The molecule has 1 aromatic rings. The number of hydrogen-bond acceptors (Lipinski definition) is 3. The molecule has 2 rings (SSSR count). The van der Waals surface area contributed by atoms with E-state index in [0.717, 1.165) is 5.69 Å². The summed E-state index contributed by atoms with van der Waals surface area (Å²) in [5, 5.41) is 0. The number of carbonyl (C=O) groups is 1. The number of amides is 1. The predicted octanol–water partition coefficient (Wildman–Crippen LogP) is 1.42. The Balaban J connectivity index is 2.16. The highest BCUT2D eigenvalue weighted by Gasteiger charge is 2.25. The topological polar surface area (TPSA) is 65.2 Å². The largest absolute Gasteiger partial charge is 0.411 e. The number of rotatable bonds is 2. The quantitative estimate of drug-likeness (QED) is 0.744. The van der Waals surface area contributed by atoms with Crippen molar-refractivity contribution in [3.8, 4) is 5.88 Å². The Bertz CT molecular complexity index is 334. The zero-order chi connectivity index (χ0) is 9.26. The first-order valence-electron chi connectivity index (χ1n) is 4.20. The lowest BCUT2D eigenvalue weighted by molar-refractivity contribution is 0.209. The van der Waals surface area contributed by atoms with Gasteiger partial charge in [0, 0.05) is 17.7 Å². The zero-order valence-corrected chi connectivity index (χ0v) is 7.06. The van der Waals surface area contributed by atoms with Crippen LogP contribution in [0.5, 0.6) is 5.88 Å². The molecule has 4 nitrogen and oxygen atoms in total. The first-order chi connectivity index (χ1) is 6.25. The highest BCUT2D eigenvalue weighted by molar-refractivity contribution is 5.67. The van der Waals surface area contributed by atoms with Crippen LogP contribution in [0.4, 0.5) is 4.79 Å². The fraction of sp³-hybridized carbons (Fsp3) is 0.333. The van der Waals surface area contributed by atoms with Crippen LogP contribution in [0.15, 0.2) is 18.2 Å². The van der Waals surface area contributed by atoms with Crippen molar-refractivity contribution in [1.82, 2.24) is 4.98 Å². The van der Waals surface area contributed by atoms with Crippen LogP contribution >= 0.6 is 0 Å². The monoisotopic (exact) mass is 178 g/mol. The maximum absolute atomic E-state index is 10.4. The van der Waals surface area contributed by atoms with E-state index in [2.05, 4.69) is 9.72 Å². The van der Waals surface area contributed by atoms with Gasteiger partial charge in [0.2, 0.25) is 5.88 Å². The van der Waals surface area contributed by atoms with Crippen LogP contribution in [0.3, 0.4) is 0 Å². The minimum Gasteiger partial charge on any atom is -0.391 e. The molecule has 1 heterocycles. The molecular formula is C9H10N2O2. The van der Waals surface area contributed by atoms with Gasteiger partial charge >= 0.3 is 6.09 Å². The molecule has 0 saturated heterocycles. The number of carbonyl (C=O) groups excluding carboxylic acids is 1. The third-order valence-corrected chi connectivity index (χ3v) is 1.95. The molecule has 13 heavy (non-hydrogen) atoms. The number of aromatic nitrogens is 1. The van der Waals surface area contributed by atoms with Gasteiger partial charge in [0.1, 0.15) is 0 Å². The van der Waals surface area contributed by atoms with Crippen molar-refractivity contribution in [3.05, 3.63) is 23.9 Å². The van der Waals surface area contributed by atoms with E-state index in [1.807, 2.05) is 12.1 Å². The van der Waals surface area contributed by atoms with Crippen LogP contribution in [0.1, 0.15) is 24.5 Å². The van der Waals surface area contributed by atoms with Crippen molar-refractivity contribution in [2.45, 2.75) is 18.8 Å². The summed E-state index contributed by atoms with van der Waals surface area (Å²) in [6, 6.07) is 5.38. The Kier molecular flexibility index (Phi) is 1.88. The van der Waals surface area contributed by atoms with Crippen molar-refractivity contribution >= 4 is 6.09 Å². The summed E-state index contributed by atoms with van der Waals surface area (Å²) in [6.45, 7) is 0. The zero-order valence-electron chi connectivity index (χ0n) is 7.06. The Morgan fingerprint density at radius 1 is 1.54 bits per heavy atom. The first-order valence-corrected chi connectivity index (χ1v) is 4.20. The molecule has 0 bridgehead atoms. The standard InChI is InChI=1S/C9H10N2O2/c10-9(12)13-8-3-1-2-7(11-8)6-4-5-6/h1-3,6H,4-5H2,(H2,10,12). The summed E-state index contributed by atoms with van der Waals surface area (Å²) in [7, 11) is 0. The second kappa shape index (κ2) is 3.05. The van der Waals surface area contributed by atoms with E-state index in [4.69, 9.17) is 5.73 Å². The van der Waals surface area contributed by atoms with Crippen molar-refractivity contribution in [3.63, 3.8) is 0 Å². The van der Waals surface area contributed by atoms with Crippen LogP contribution in [-0.2, 0) is 0 Å². The van der Waals surface area contributed by atoms with Crippen molar-refractivity contribution in [2.24, 2.45) is 5.73 Å². The second-order valence-corrected chi connectivity index (χ2v) is 3.10. The number of nitrogens with two attached hydrogens (primary N) is 1. The van der Waals surface area contributed by atoms with Crippen molar-refractivity contribution < 1.29 is 9.53 Å². The summed E-state index contributed by atoms with van der Waals surface area (Å²) < 4.78 is 4.66. The van der Waals surface area contributed by atoms with Gasteiger partial charge in [-0.25, -0.2) is 9.78 Å². The normalized spacial score (nSPS) is 15.4. The van der Waals surface area contributed by atoms with Crippen LogP contribution in [0.25, 0.3) is 0 Å². The SMILES string of the molecule is NC(=O)Oc1cccc(C2CC2)n1. The van der Waals surface area contributed by atoms with E-state index >= 15 is 0 Å². The molecule has 1 aliphatic rings. The van der Waals surface area contributed by atoms with Gasteiger partial charge in [-0.2, -0.15) is 0 Å². The summed E-state index contributed by atoms with van der Waals surface area (Å²) in [4.78, 5) is 14.6. The number of hydrogen-bond donors (Lipinski definition) is 1. The molecule has 2 N–H and O–H groups in total. The van der Waals surface area contributed by atoms with Gasteiger partial charge < -0.3 is 10.5 Å². The Hall–Kier alpha value is -1.58. The minimum absolute atomic E-state index is 0.289. The number of ether oxygens (including phenoxy) is 1.